The van der Waals surface area contributed by atoms with Crippen molar-refractivity contribution in [1.82, 2.24) is 20.0 Å². The van der Waals surface area contributed by atoms with Crippen molar-refractivity contribution in [3.05, 3.63) is 47.8 Å². The molecule has 2 amide bonds. The van der Waals surface area contributed by atoms with Crippen LogP contribution in [0.4, 0.5) is 0 Å². The van der Waals surface area contributed by atoms with Crippen LogP contribution in [0.25, 0.3) is 5.69 Å². The zero-order valence-electron chi connectivity index (χ0n) is 16.6. The number of carbonyl (C=O) groups is 2. The summed E-state index contributed by atoms with van der Waals surface area (Å²) in [6.45, 7) is 5.40. The molecule has 2 heterocycles. The number of hydrogen-bond donors (Lipinski definition) is 1. The predicted octanol–water partition coefficient (Wildman–Crippen LogP) is 2.96. The van der Waals surface area contributed by atoms with Crippen LogP contribution in [0, 0.1) is 5.41 Å². The predicted molar refractivity (Wildman–Crippen MR) is 107 cm³/mol. The fraction of sp³-hybridized carbons (Fsp3) is 0.500. The Morgan fingerprint density at radius 1 is 1.14 bits per heavy atom. The van der Waals surface area contributed by atoms with Crippen molar-refractivity contribution in [1.29, 1.82) is 0 Å². The fourth-order valence-corrected chi connectivity index (χ4v) is 4.18. The number of para-hydroxylation sites is 1. The molecule has 4 rings (SSSR count). The van der Waals surface area contributed by atoms with Crippen molar-refractivity contribution < 1.29 is 9.59 Å². The summed E-state index contributed by atoms with van der Waals surface area (Å²) in [4.78, 5) is 27.5. The Kier molecular flexibility index (Phi) is 4.96. The highest BCUT2D eigenvalue weighted by Gasteiger charge is 2.45. The average Bonchev–Trinajstić information content (AvgIpc) is 3.33. The molecule has 28 heavy (non-hydrogen) atoms. The lowest BCUT2D eigenvalue weighted by Gasteiger charge is -2.33. The van der Waals surface area contributed by atoms with E-state index in [2.05, 4.69) is 10.4 Å². The van der Waals surface area contributed by atoms with E-state index in [0.717, 1.165) is 37.3 Å². The summed E-state index contributed by atoms with van der Waals surface area (Å²) in [5, 5.41) is 7.29. The number of rotatable bonds is 5. The fourth-order valence-electron chi connectivity index (χ4n) is 4.18. The molecule has 1 saturated heterocycles. The molecule has 1 aliphatic carbocycles. The van der Waals surface area contributed by atoms with Gasteiger partial charge < -0.3 is 10.2 Å². The molecule has 1 atom stereocenters. The van der Waals surface area contributed by atoms with Crippen molar-refractivity contribution in [2.24, 2.45) is 5.41 Å². The van der Waals surface area contributed by atoms with Gasteiger partial charge in [0.15, 0.2) is 0 Å². The van der Waals surface area contributed by atoms with E-state index >= 15 is 0 Å². The summed E-state index contributed by atoms with van der Waals surface area (Å²) in [7, 11) is 0. The van der Waals surface area contributed by atoms with Crippen molar-refractivity contribution in [2.75, 3.05) is 13.1 Å². The molecular formula is C22H28N4O2. The minimum atomic E-state index is -0.537. The number of piperidine rings is 1. The van der Waals surface area contributed by atoms with Crippen LogP contribution in [0.15, 0.2) is 36.5 Å². The highest BCUT2D eigenvalue weighted by atomic mass is 16.2. The number of hydrogen-bond acceptors (Lipinski definition) is 3. The lowest BCUT2D eigenvalue weighted by Crippen LogP contribution is -2.49. The molecule has 6 heteroatoms. The van der Waals surface area contributed by atoms with Gasteiger partial charge in [-0.3, -0.25) is 9.59 Å². The maximum atomic E-state index is 12.8. The normalized spacial score (nSPS) is 18.7. The second kappa shape index (κ2) is 7.41. The first kappa shape index (κ1) is 18.7. The molecule has 6 nitrogen and oxygen atoms in total. The highest BCUT2D eigenvalue weighted by molar-refractivity contribution is 5.98. The molecule has 2 aliphatic rings. The zero-order valence-corrected chi connectivity index (χ0v) is 16.6. The van der Waals surface area contributed by atoms with Gasteiger partial charge in [0.25, 0.3) is 5.91 Å². The first-order valence-corrected chi connectivity index (χ1v) is 10.2. The van der Waals surface area contributed by atoms with E-state index in [1.807, 2.05) is 42.2 Å². The zero-order chi connectivity index (χ0) is 19.7. The van der Waals surface area contributed by atoms with Gasteiger partial charge in [-0.15, -0.1) is 0 Å². The first-order valence-electron chi connectivity index (χ1n) is 10.2. The molecule has 0 radical (unpaired) electrons. The number of amides is 2. The van der Waals surface area contributed by atoms with E-state index in [1.54, 1.807) is 17.8 Å². The first-order chi connectivity index (χ1) is 13.5. The number of aromatic nitrogens is 2. The van der Waals surface area contributed by atoms with Crippen LogP contribution in [0.1, 0.15) is 55.6 Å². The van der Waals surface area contributed by atoms with Crippen LogP contribution >= 0.6 is 0 Å². The summed E-state index contributed by atoms with van der Waals surface area (Å²) < 4.78 is 1.79. The van der Waals surface area contributed by atoms with Crippen molar-refractivity contribution in [3.63, 3.8) is 0 Å². The molecule has 148 valence electrons. The molecule has 1 aromatic carbocycles. The number of carbonyl (C=O) groups excluding carboxylic acids is 2. The molecule has 2 aromatic rings. The van der Waals surface area contributed by atoms with E-state index in [4.69, 9.17) is 0 Å². The van der Waals surface area contributed by atoms with Gasteiger partial charge in [-0.25, -0.2) is 4.68 Å². The van der Waals surface area contributed by atoms with Gasteiger partial charge in [-0.1, -0.05) is 25.1 Å². The molecule has 1 saturated carbocycles. The SMILES string of the molecule is CCc1c(C(=O)N[C@H](C)C(=O)N2CCC3(CC2)CC3)cnn1-c1ccccc1. The second-order valence-corrected chi connectivity index (χ2v) is 8.13. The minimum absolute atomic E-state index is 0.0114. The largest absolute Gasteiger partial charge is 0.341 e. The van der Waals surface area contributed by atoms with E-state index in [1.165, 1.54) is 12.8 Å². The maximum absolute atomic E-state index is 12.8. The molecular weight excluding hydrogens is 352 g/mol. The monoisotopic (exact) mass is 380 g/mol. The topological polar surface area (TPSA) is 67.2 Å². The number of likely N-dealkylation sites (tertiary alicyclic amines) is 1. The van der Waals surface area contributed by atoms with Crippen LogP contribution in [0.5, 0.6) is 0 Å². The molecule has 2 fully saturated rings. The van der Waals surface area contributed by atoms with Gasteiger partial charge in [0.1, 0.15) is 6.04 Å². The standard InChI is InChI=1S/C22H28N4O2/c1-3-19-18(15-23-26(19)17-7-5-4-6-8-17)20(27)24-16(2)21(28)25-13-11-22(9-10-22)12-14-25/h4-8,15-16H,3,9-14H2,1-2H3,(H,24,27)/t16-/m1/s1. The summed E-state index contributed by atoms with van der Waals surface area (Å²) in [6.07, 6.45) is 7.09. The molecule has 1 spiro atoms. The van der Waals surface area contributed by atoms with Gasteiger partial charge >= 0.3 is 0 Å². The summed E-state index contributed by atoms with van der Waals surface area (Å²) >= 11 is 0. The Balaban J connectivity index is 1.43. The van der Waals surface area contributed by atoms with E-state index in [-0.39, 0.29) is 11.8 Å². The third-order valence-electron chi connectivity index (χ3n) is 6.26. The van der Waals surface area contributed by atoms with Crippen molar-refractivity contribution in [2.45, 2.75) is 52.0 Å². The van der Waals surface area contributed by atoms with E-state index < -0.39 is 6.04 Å². The summed E-state index contributed by atoms with van der Waals surface area (Å²) in [6, 6.07) is 9.23. The van der Waals surface area contributed by atoms with Crippen LogP contribution in [0.3, 0.4) is 0 Å². The molecule has 0 unspecified atom stereocenters. The van der Waals surface area contributed by atoms with Crippen LogP contribution in [0.2, 0.25) is 0 Å². The Morgan fingerprint density at radius 3 is 2.43 bits per heavy atom. The lowest BCUT2D eigenvalue weighted by molar-refractivity contribution is -0.134. The molecule has 1 aromatic heterocycles. The summed E-state index contributed by atoms with van der Waals surface area (Å²) in [5.41, 5.74) is 2.83. The third kappa shape index (κ3) is 3.55. The van der Waals surface area contributed by atoms with Crippen molar-refractivity contribution >= 4 is 11.8 Å². The second-order valence-electron chi connectivity index (χ2n) is 8.13. The lowest BCUT2D eigenvalue weighted by atomic mass is 9.93. The van der Waals surface area contributed by atoms with Crippen LogP contribution < -0.4 is 5.32 Å². The molecule has 1 N–H and O–H groups in total. The Morgan fingerprint density at radius 2 is 1.82 bits per heavy atom. The quantitative estimate of drug-likeness (QED) is 0.867. The van der Waals surface area contributed by atoms with Gasteiger partial charge in [0.05, 0.1) is 23.1 Å². The summed E-state index contributed by atoms with van der Waals surface area (Å²) in [5.74, 6) is -0.229. The van der Waals surface area contributed by atoms with Crippen LogP contribution in [-0.4, -0.2) is 45.6 Å². The van der Waals surface area contributed by atoms with Gasteiger partial charge in [0.2, 0.25) is 5.91 Å². The smallest absolute Gasteiger partial charge is 0.255 e. The molecule has 1 aliphatic heterocycles. The molecule has 0 bridgehead atoms. The Hall–Kier alpha value is -2.63. The minimum Gasteiger partial charge on any atom is -0.341 e. The van der Waals surface area contributed by atoms with Gasteiger partial charge in [-0.05, 0) is 56.6 Å². The van der Waals surface area contributed by atoms with Gasteiger partial charge in [-0.2, -0.15) is 5.10 Å². The average molecular weight is 380 g/mol. The van der Waals surface area contributed by atoms with E-state index in [9.17, 15) is 9.59 Å². The number of benzene rings is 1. The number of nitrogens with one attached hydrogen (secondary N) is 1. The number of nitrogens with zero attached hydrogens (tertiary/aromatic N) is 3. The Bertz CT molecular complexity index is 860. The Labute approximate surface area is 165 Å². The highest BCUT2D eigenvalue weighted by Crippen LogP contribution is 2.53. The van der Waals surface area contributed by atoms with Gasteiger partial charge in [0, 0.05) is 13.1 Å². The third-order valence-corrected chi connectivity index (χ3v) is 6.26. The van der Waals surface area contributed by atoms with Crippen molar-refractivity contribution in [3.8, 4) is 5.69 Å². The van der Waals surface area contributed by atoms with Crippen LogP contribution in [-0.2, 0) is 11.2 Å². The van der Waals surface area contributed by atoms with E-state index in [0.29, 0.717) is 17.4 Å². The maximum Gasteiger partial charge on any atom is 0.255 e.